The number of hydrogen-bond donors (Lipinski definition) is 0. The van der Waals surface area contributed by atoms with Crippen molar-refractivity contribution in [2.24, 2.45) is 5.92 Å². The Morgan fingerprint density at radius 1 is 0.662 bits per heavy atom. The van der Waals surface area contributed by atoms with Crippen LogP contribution in [0.4, 0.5) is 22.7 Å². The van der Waals surface area contributed by atoms with Gasteiger partial charge in [-0.1, -0.05) is 173 Å². The normalized spacial score (nSPS) is 19.2. The second-order valence-electron chi connectivity index (χ2n) is 22.6. The third-order valence-corrected chi connectivity index (χ3v) is 14.1. The van der Waals surface area contributed by atoms with Crippen molar-refractivity contribution >= 4 is 44.6 Å². The molecule has 1 saturated heterocycles. The third kappa shape index (κ3) is 8.29. The maximum Gasteiger partial charge on any atom is 0.184 e. The molecule has 9 aromatic rings. The molecule has 3 aliphatic heterocycles. The van der Waals surface area contributed by atoms with Crippen LogP contribution in [0.3, 0.4) is 0 Å². The van der Waals surface area contributed by atoms with Crippen molar-refractivity contribution in [2.75, 3.05) is 6.67 Å². The summed E-state index contributed by atoms with van der Waals surface area (Å²) < 4.78 is 74.1. The summed E-state index contributed by atoms with van der Waals surface area (Å²) in [7, 11) is 0. The van der Waals surface area contributed by atoms with E-state index in [2.05, 4.69) is 146 Å². The monoisotopic (exact) mass is 1120 g/mol. The van der Waals surface area contributed by atoms with E-state index in [1.54, 1.807) is 0 Å². The zero-order valence-electron chi connectivity index (χ0n) is 49.5. The molecule has 362 valence electrons. The first-order valence-corrected chi connectivity index (χ1v) is 24.4. The molecule has 0 N–H and O–H groups in total. The molecular weight excluding hydrogens is 1050 g/mol. The molecule has 71 heavy (non-hydrogen) atoms. The number of quaternary nitrogens is 2. The molecule has 0 spiro atoms. The summed E-state index contributed by atoms with van der Waals surface area (Å²) in [5.74, 6) is 1.34. The molecule has 2 atom stereocenters. The summed E-state index contributed by atoms with van der Waals surface area (Å²) in [5, 5.41) is 2.10. The van der Waals surface area contributed by atoms with Gasteiger partial charge in [-0.25, -0.2) is 4.98 Å². The molecule has 5 heterocycles. The first-order chi connectivity index (χ1) is 36.2. The number of ether oxygens (including phenoxy) is 1. The number of nitrogens with zero attached hydrogens (tertiary/aromatic N) is 4. The summed E-state index contributed by atoms with van der Waals surface area (Å²) in [5.41, 5.74) is 10.6. The van der Waals surface area contributed by atoms with Crippen LogP contribution in [0.25, 0.3) is 49.9 Å². The second kappa shape index (κ2) is 17.6. The topological polar surface area (TPSA) is 27.1 Å². The van der Waals surface area contributed by atoms with E-state index in [4.69, 9.17) is 13.8 Å². The summed E-state index contributed by atoms with van der Waals surface area (Å²) in [6.45, 7) is 26.1. The molecule has 2 bridgehead atoms. The standard InChI is InChI=1S/C65H65N4O.Pt/c1-43(2)34-45-22-17-29-59-61(45)69(62-53(44-20-13-12-14-21-44)26-19-27-54(62)46-35-48(64(6,7)8)37-49(36-46)65(9,10)11)41-68(59,42-69)50-23-18-24-51(39-50)70-52-30-31-56-55-25-15-16-28-57(55)67(58(56)40-52)60-38-47(32-33-66-60)63(3,4)5;/h12-33,35-38,41,43H,34,42H2,1-11H3;/q-1;/t68-,69-;/m1./s1/i12D,13D,14D,20D,21D,34D2;. The van der Waals surface area contributed by atoms with Crippen LogP contribution in [0.1, 0.15) is 108 Å². The molecule has 6 heteroatoms. The van der Waals surface area contributed by atoms with Gasteiger partial charge in [-0.3, -0.25) is 4.48 Å². The van der Waals surface area contributed by atoms with Crippen LogP contribution < -0.4 is 13.7 Å². The smallest absolute Gasteiger partial charge is 0.184 e. The van der Waals surface area contributed by atoms with Crippen molar-refractivity contribution in [2.45, 2.75) is 98.8 Å². The average molecular weight is 1120 g/mol. The maximum absolute atomic E-state index is 9.82. The van der Waals surface area contributed by atoms with Gasteiger partial charge in [0, 0.05) is 75.5 Å². The fraction of sp³-hybridized carbons (Fsp3) is 0.262. The van der Waals surface area contributed by atoms with Gasteiger partial charge in [-0.2, -0.15) is 12.1 Å². The van der Waals surface area contributed by atoms with Crippen LogP contribution >= 0.6 is 0 Å². The SMILES string of the molecule is [2H]c1c([2H])c([2H])c(-c2cccc(-c3cc(C(C)(C)C)cc(C(C)(C)C)c3)c2[N@+]23[CH-][N@+](c4[c-]c(Oc5[c-]c6c(cc5)c5ccccc5n6-c5cc(C(C)(C)C)ccn5)ccc4)(C2)c2cccc(C([2H])([2H])C(C)C)c23)c([2H])c1[2H].[Pt]. The van der Waals surface area contributed by atoms with E-state index in [1.807, 2.05) is 80.7 Å². The van der Waals surface area contributed by atoms with Gasteiger partial charge < -0.3 is 13.8 Å². The molecule has 0 unspecified atom stereocenters. The van der Waals surface area contributed by atoms with Crippen LogP contribution in [0.2, 0.25) is 0 Å². The average Bonchev–Trinajstić information content (AvgIpc) is 2.75. The summed E-state index contributed by atoms with van der Waals surface area (Å²) >= 11 is 0. The van der Waals surface area contributed by atoms with Gasteiger partial charge in [-0.05, 0) is 92.1 Å². The fourth-order valence-electron chi connectivity index (χ4n) is 10.6. The van der Waals surface area contributed by atoms with Gasteiger partial charge in [0.15, 0.2) is 18.0 Å². The van der Waals surface area contributed by atoms with Gasteiger partial charge in [0.1, 0.15) is 11.5 Å². The second-order valence-corrected chi connectivity index (χ2v) is 22.6. The van der Waals surface area contributed by atoms with Gasteiger partial charge >= 0.3 is 0 Å². The van der Waals surface area contributed by atoms with Crippen LogP contribution in [0, 0.1) is 24.7 Å². The maximum atomic E-state index is 9.82. The molecule has 7 aromatic carbocycles. The Morgan fingerprint density at radius 2 is 1.31 bits per heavy atom. The van der Waals surface area contributed by atoms with Gasteiger partial charge in [-0.15, -0.1) is 29.7 Å². The fourth-order valence-corrected chi connectivity index (χ4v) is 10.6. The number of rotatable bonds is 9. The quantitative estimate of drug-likeness (QED) is 0.106. The van der Waals surface area contributed by atoms with E-state index < -0.39 is 30.4 Å². The van der Waals surface area contributed by atoms with E-state index >= 15 is 0 Å². The van der Waals surface area contributed by atoms with Crippen LogP contribution in [0.15, 0.2) is 158 Å². The third-order valence-electron chi connectivity index (χ3n) is 14.1. The minimum absolute atomic E-state index is 0. The van der Waals surface area contributed by atoms with Crippen molar-refractivity contribution in [1.29, 1.82) is 0 Å². The minimum atomic E-state index is -1.81. The molecule has 1 fully saturated rings. The van der Waals surface area contributed by atoms with Crippen LogP contribution in [-0.2, 0) is 43.7 Å². The zero-order chi connectivity index (χ0) is 55.1. The summed E-state index contributed by atoms with van der Waals surface area (Å²) in [6, 6.07) is 46.2. The van der Waals surface area contributed by atoms with Gasteiger partial charge in [0.25, 0.3) is 0 Å². The van der Waals surface area contributed by atoms with Crippen LogP contribution in [0.5, 0.6) is 11.5 Å². The molecule has 2 aromatic heterocycles. The summed E-state index contributed by atoms with van der Waals surface area (Å²) in [6.07, 6.45) is 0.0585. The number of aromatic nitrogens is 2. The zero-order valence-corrected chi connectivity index (χ0v) is 44.8. The van der Waals surface area contributed by atoms with Crippen molar-refractivity contribution in [3.05, 3.63) is 199 Å². The van der Waals surface area contributed by atoms with Crippen molar-refractivity contribution in [3.8, 4) is 39.6 Å². The molecule has 0 aliphatic carbocycles. The number of pyridine rings is 1. The predicted molar refractivity (Wildman–Crippen MR) is 293 cm³/mol. The van der Waals surface area contributed by atoms with Gasteiger partial charge in [0.05, 0.1) is 13.5 Å². The Balaban J connectivity index is 0.00000688. The summed E-state index contributed by atoms with van der Waals surface area (Å²) in [4.78, 5) is 4.87. The molecule has 5 nitrogen and oxygen atoms in total. The van der Waals surface area contributed by atoms with Crippen molar-refractivity contribution in [1.82, 2.24) is 18.5 Å². The Morgan fingerprint density at radius 3 is 2.00 bits per heavy atom. The van der Waals surface area contributed by atoms with E-state index in [9.17, 15) is 5.48 Å². The van der Waals surface area contributed by atoms with E-state index in [0.717, 1.165) is 66.9 Å². The molecule has 12 rings (SSSR count). The number of para-hydroxylation sites is 3. The number of fused-ring (bicyclic) bond motifs is 3. The molecule has 0 saturated carbocycles. The molecular formula is C65H65N4OPt-. The molecule has 0 radical (unpaired) electrons. The Hall–Kier alpha value is -6.10. The number of hydrogen-bond acceptors (Lipinski definition) is 2. The van der Waals surface area contributed by atoms with E-state index in [0.29, 0.717) is 35.0 Å². The first kappa shape index (κ1) is 40.5. The largest absolute Gasteiger partial charge is 0.509 e. The minimum Gasteiger partial charge on any atom is -0.509 e. The Kier molecular flexibility index (Phi) is 10.0. The predicted octanol–water partition coefficient (Wildman–Crippen LogP) is 17.4. The first-order valence-electron chi connectivity index (χ1n) is 27.9. The number of benzene rings is 7. The molecule has 3 aliphatic rings. The van der Waals surface area contributed by atoms with Crippen molar-refractivity contribution in [3.63, 3.8) is 0 Å². The Labute approximate surface area is 446 Å². The van der Waals surface area contributed by atoms with Crippen molar-refractivity contribution < 1.29 is 35.4 Å². The van der Waals surface area contributed by atoms with E-state index in [-0.39, 0.29) is 63.9 Å². The molecule has 0 amide bonds. The van der Waals surface area contributed by atoms with Gasteiger partial charge in [0.2, 0.25) is 0 Å². The van der Waals surface area contributed by atoms with Crippen LogP contribution in [-0.4, -0.2) is 16.2 Å². The van der Waals surface area contributed by atoms with E-state index in [1.165, 1.54) is 5.56 Å². The Bertz CT molecular complexity index is 3830.